The largest absolute Gasteiger partial charge is 0.472 e. The number of ether oxygens (including phenoxy) is 5. The maximum absolute atomic E-state index is 14.0. The van der Waals surface area contributed by atoms with Gasteiger partial charge >= 0.3 is 21.3 Å². The molecule has 2 amide bonds. The molecule has 35 heteroatoms. The number of nitrogens with one attached hydrogen (secondary N) is 1. The van der Waals surface area contributed by atoms with E-state index in [-0.39, 0.29) is 134 Å². The molecule has 8 rings (SSSR count). The number of aryl methyl sites for hydroxylation is 1. The summed E-state index contributed by atoms with van der Waals surface area (Å²) in [5, 5.41) is 21.9. The average Bonchev–Trinajstić information content (AvgIpc) is 1.48. The number of aliphatic hydroxyl groups excluding tert-OH is 1. The molecule has 0 aliphatic carbocycles. The monoisotopic (exact) mass is 1410 g/mol. The lowest BCUT2D eigenvalue weighted by atomic mass is 9.95. The van der Waals surface area contributed by atoms with Gasteiger partial charge in [0.25, 0.3) is 0 Å². The van der Waals surface area contributed by atoms with Gasteiger partial charge in [0.1, 0.15) is 41.7 Å². The molecule has 0 spiro atoms. The van der Waals surface area contributed by atoms with Gasteiger partial charge in [-0.05, 0) is 80.6 Å². The summed E-state index contributed by atoms with van der Waals surface area (Å²) in [6.07, 6.45) is 0.680. The summed E-state index contributed by atoms with van der Waals surface area (Å²) in [5.41, 5.74) is 4.58. The third-order valence-electron chi connectivity index (χ3n) is 15.7. The standard InChI is InChI=1S/C57H83N5O24P4S2/c1-38(63)45(58-39(2)64)15-8-9-25-62-57-43-13-5-4-11-40(43)33-61(46-16-7-6-14-44(46)56(57)59-60-62)55(68)17-10-12-41(65)18-26-74-27-19-42(66)20-32-79-88(70,71)81-35-52-49(23-30-76-52)85-90(73,92)83-37-54-50(24-31-78-54)86-89(72,91)82-36-53-48(22-29-77-53)84-87(3,69)80-34-51-47(67)21-28-75-51/h4-7,11,13-14,16,45,47-54,67,69H,3,8-10,12,15,17-37H2,1-2H3,(H,58,64)(H,70,71)(H,72,91)(H,73,92)/t45-,47-,48+,49+,50-,51-,52+,53+,54-,87?,89?,90?/m1/s1. The lowest BCUT2D eigenvalue weighted by Gasteiger charge is -2.28. The highest BCUT2D eigenvalue weighted by atomic mass is 32.5. The predicted octanol–water partition coefficient (Wildman–Crippen LogP) is 5.69. The van der Waals surface area contributed by atoms with E-state index in [0.29, 0.717) is 63.1 Å². The SMILES string of the molecule is C=P(O)(OC[C@H]1OCC[C@H]1O)O[C@H]1CCO[C@H]1COP(O)(=S)O[C@@H]1CCO[C@@H]1COP(O)(=S)O[C@H]1CCO[C@H]1COP(=O)(O)OCCC(=O)CCOCCC(=O)CCCC(=O)N1Cc2ccccc2-c2c(nnn2CCCC[C@@H](NC(C)=O)C(C)=O)-c2ccccc21. The van der Waals surface area contributed by atoms with E-state index in [9.17, 15) is 53.2 Å². The minimum Gasteiger partial charge on any atom is -0.390 e. The molecule has 6 N–H and O–H groups in total. The Labute approximate surface area is 543 Å². The Morgan fingerprint density at radius 1 is 0.663 bits per heavy atom. The van der Waals surface area contributed by atoms with Crippen molar-refractivity contribution in [1.82, 2.24) is 20.3 Å². The quantitative estimate of drug-likeness (QED) is 0.0295. The Balaban J connectivity index is 0.682. The zero-order valence-corrected chi connectivity index (χ0v) is 56.5. The molecule has 0 bridgehead atoms. The van der Waals surface area contributed by atoms with Crippen molar-refractivity contribution in [3.63, 3.8) is 0 Å². The first-order valence-corrected chi connectivity index (χ1v) is 39.0. The van der Waals surface area contributed by atoms with Crippen molar-refractivity contribution in [3.8, 4) is 22.5 Å². The number of anilines is 1. The van der Waals surface area contributed by atoms with Crippen LogP contribution in [0.4, 0.5) is 5.69 Å². The van der Waals surface area contributed by atoms with E-state index < -0.39 is 96.9 Å². The van der Waals surface area contributed by atoms with Crippen molar-refractivity contribution in [2.24, 2.45) is 0 Å². The van der Waals surface area contributed by atoms with Crippen LogP contribution in [0.25, 0.3) is 22.5 Å². The van der Waals surface area contributed by atoms with Crippen molar-refractivity contribution >= 4 is 93.6 Å². The molecule has 5 aliphatic rings. The van der Waals surface area contributed by atoms with Gasteiger partial charge in [0.2, 0.25) is 19.4 Å². The Kier molecular flexibility index (Phi) is 28.5. The summed E-state index contributed by atoms with van der Waals surface area (Å²) in [4.78, 5) is 108. The Hall–Kier alpha value is -3.36. The summed E-state index contributed by atoms with van der Waals surface area (Å²) >= 11 is 10.6. The fourth-order valence-electron chi connectivity index (χ4n) is 10.9. The molecule has 0 saturated carbocycles. The van der Waals surface area contributed by atoms with Crippen LogP contribution in [0, 0.1) is 0 Å². The minimum absolute atomic E-state index is 0.00762. The molecule has 3 aromatic rings. The van der Waals surface area contributed by atoms with Crippen LogP contribution in [0.3, 0.4) is 0 Å². The van der Waals surface area contributed by atoms with Crippen LogP contribution >= 0.6 is 28.8 Å². The topological polar surface area (TPSA) is 370 Å². The third-order valence-corrected chi connectivity index (χ3v) is 21.0. The van der Waals surface area contributed by atoms with Gasteiger partial charge in [-0.2, -0.15) is 0 Å². The number of unbranched alkanes of at least 4 members (excludes halogenated alkanes) is 1. The highest BCUT2D eigenvalue weighted by molar-refractivity contribution is 8.07. The Morgan fingerprint density at radius 3 is 1.82 bits per heavy atom. The first-order chi connectivity index (χ1) is 43.8. The summed E-state index contributed by atoms with van der Waals surface area (Å²) < 4.78 is 86.7. The molecule has 1 aromatic heterocycles. The number of amides is 2. The molecule has 5 aliphatic heterocycles. The summed E-state index contributed by atoms with van der Waals surface area (Å²) in [7, 11) is -8.31. The summed E-state index contributed by atoms with van der Waals surface area (Å²) in [6, 6.07) is 14.7. The molecule has 13 atom stereocenters. The van der Waals surface area contributed by atoms with E-state index in [1.807, 2.05) is 53.2 Å². The number of fused-ring (bicyclic) bond motifs is 5. The van der Waals surface area contributed by atoms with Crippen LogP contribution in [0.5, 0.6) is 0 Å². The van der Waals surface area contributed by atoms with Crippen LogP contribution in [0.2, 0.25) is 0 Å². The van der Waals surface area contributed by atoms with Crippen LogP contribution in [-0.2, 0) is 125 Å². The van der Waals surface area contributed by atoms with Crippen LogP contribution in [0.15, 0.2) is 48.5 Å². The van der Waals surface area contributed by atoms with Gasteiger partial charge < -0.3 is 85.7 Å². The van der Waals surface area contributed by atoms with E-state index in [1.54, 1.807) is 4.90 Å². The highest BCUT2D eigenvalue weighted by Gasteiger charge is 2.41. The molecule has 4 fully saturated rings. The number of hydrogen-bond acceptors (Lipinski definition) is 25. The Bertz CT molecular complexity index is 3200. The molecular formula is C57H83N5O24P4S2. The third kappa shape index (κ3) is 22.9. The van der Waals surface area contributed by atoms with Crippen molar-refractivity contribution < 1.29 is 113 Å². The number of phosphoric ester groups is 1. The predicted molar refractivity (Wildman–Crippen MR) is 340 cm³/mol. The molecule has 29 nitrogen and oxygen atoms in total. The lowest BCUT2D eigenvalue weighted by Crippen LogP contribution is -2.38. The zero-order chi connectivity index (χ0) is 66.1. The van der Waals surface area contributed by atoms with E-state index in [2.05, 4.69) is 21.9 Å². The first kappa shape index (κ1) is 74.4. The normalized spacial score (nSPS) is 25.1. The van der Waals surface area contributed by atoms with Gasteiger partial charge in [0, 0.05) is 102 Å². The molecule has 0 radical (unpaired) electrons. The number of Topliss-reactive ketones (excluding diaryl/α,β-unsaturated/α-hetero) is 3. The van der Waals surface area contributed by atoms with Gasteiger partial charge in [-0.1, -0.05) is 47.7 Å². The minimum atomic E-state index is -4.71. The molecule has 4 saturated heterocycles. The molecule has 4 unspecified atom stereocenters. The number of nitrogens with zero attached hydrogens (tertiary/aromatic N) is 4. The van der Waals surface area contributed by atoms with E-state index in [4.69, 9.17) is 83.5 Å². The maximum atomic E-state index is 14.0. The molecule has 2 aromatic carbocycles. The van der Waals surface area contributed by atoms with E-state index in [1.165, 1.54) is 13.8 Å². The fourth-order valence-corrected chi connectivity index (χ4v) is 15.7. The average molecular weight is 1410 g/mol. The second-order valence-corrected chi connectivity index (χ2v) is 31.4. The Morgan fingerprint density at radius 2 is 1.21 bits per heavy atom. The van der Waals surface area contributed by atoms with Gasteiger partial charge in [0.15, 0.2) is 5.78 Å². The number of ketones is 3. The van der Waals surface area contributed by atoms with Gasteiger partial charge in [0.05, 0.1) is 94.6 Å². The number of carbonyl (C=O) groups is 5. The molecule has 512 valence electrons. The van der Waals surface area contributed by atoms with Gasteiger partial charge in [-0.15, -0.1) is 5.10 Å². The van der Waals surface area contributed by atoms with Crippen LogP contribution in [-0.4, -0.2) is 203 Å². The number of hydrogen-bond donors (Lipinski definition) is 6. The number of aliphatic hydroxyl groups is 1. The van der Waals surface area contributed by atoms with Crippen molar-refractivity contribution in [2.75, 3.05) is 77.6 Å². The molecule has 6 heterocycles. The van der Waals surface area contributed by atoms with Crippen molar-refractivity contribution in [3.05, 3.63) is 54.1 Å². The number of benzene rings is 2. The maximum Gasteiger partial charge on any atom is 0.472 e. The van der Waals surface area contributed by atoms with Crippen LogP contribution < -0.4 is 10.2 Å². The zero-order valence-electron chi connectivity index (χ0n) is 51.3. The molecular weight excluding hydrogens is 1330 g/mol. The van der Waals surface area contributed by atoms with Crippen LogP contribution in [0.1, 0.15) is 103 Å². The number of carbonyl (C=O) groups excluding carboxylic acids is 5. The second-order valence-electron chi connectivity index (χ2n) is 22.7. The van der Waals surface area contributed by atoms with Crippen molar-refractivity contribution in [1.29, 1.82) is 0 Å². The van der Waals surface area contributed by atoms with E-state index in [0.717, 1.165) is 22.4 Å². The van der Waals surface area contributed by atoms with Gasteiger partial charge in [-0.3, -0.25) is 33.0 Å². The van der Waals surface area contributed by atoms with Gasteiger partial charge in [-0.25, -0.2) is 9.25 Å². The summed E-state index contributed by atoms with van der Waals surface area (Å²) in [5.74, 6) is -0.983. The summed E-state index contributed by atoms with van der Waals surface area (Å²) in [6.45, 7) is -5.03. The molecule has 92 heavy (non-hydrogen) atoms. The number of aromatic nitrogens is 3. The number of rotatable bonds is 39. The smallest absolute Gasteiger partial charge is 0.390 e. The number of phosphoric acid groups is 1. The fraction of sp³-hybridized carbons (Fsp3) is 0.649. The second kappa shape index (κ2) is 35.2. The first-order valence-electron chi connectivity index (χ1n) is 30.5. The highest BCUT2D eigenvalue weighted by Crippen LogP contribution is 2.52. The lowest BCUT2D eigenvalue weighted by molar-refractivity contribution is -0.125. The van der Waals surface area contributed by atoms with Crippen molar-refractivity contribution in [2.45, 2.75) is 165 Å². The number of para-hydroxylation sites is 1. The van der Waals surface area contributed by atoms with E-state index >= 15 is 0 Å².